The number of nitrogens with zero attached hydrogens (tertiary/aromatic N) is 4. The molecule has 0 aliphatic carbocycles. The molecule has 1 aromatic heterocycles. The highest BCUT2D eigenvalue weighted by atomic mass is 16.2. The van der Waals surface area contributed by atoms with E-state index < -0.39 is 6.03 Å². The second-order valence-electron chi connectivity index (χ2n) is 4.19. The fourth-order valence-corrected chi connectivity index (χ4v) is 1.79. The molecule has 1 heterocycles. The zero-order chi connectivity index (χ0) is 14.5. The van der Waals surface area contributed by atoms with Gasteiger partial charge in [-0.2, -0.15) is 4.68 Å². The van der Waals surface area contributed by atoms with Crippen LogP contribution in [-0.4, -0.2) is 26.2 Å². The summed E-state index contributed by atoms with van der Waals surface area (Å²) in [5.41, 5.74) is 1.45. The van der Waals surface area contributed by atoms with Gasteiger partial charge in [0.25, 0.3) is 5.95 Å². The van der Waals surface area contributed by atoms with Gasteiger partial charge in [0.15, 0.2) is 0 Å². The average Bonchev–Trinajstić information content (AvgIpc) is 2.97. The maximum Gasteiger partial charge on any atom is 0.326 e. The number of hydrogen-bond donors (Lipinski definition) is 2. The molecule has 0 spiro atoms. The summed E-state index contributed by atoms with van der Waals surface area (Å²) in [5.74, 6) is 0.245. The Bertz CT molecular complexity index is 725. The summed E-state index contributed by atoms with van der Waals surface area (Å²) in [6.45, 7) is 0. The van der Waals surface area contributed by atoms with Crippen LogP contribution in [0.5, 0.6) is 0 Å². The number of urea groups is 1. The maximum atomic E-state index is 11.9. The molecule has 3 aromatic rings. The molecule has 0 unspecified atom stereocenters. The minimum Gasteiger partial charge on any atom is -0.308 e. The van der Waals surface area contributed by atoms with E-state index in [4.69, 9.17) is 0 Å². The summed E-state index contributed by atoms with van der Waals surface area (Å²) in [6.07, 6.45) is 0. The van der Waals surface area contributed by atoms with Crippen LogP contribution in [0.1, 0.15) is 0 Å². The standard InChI is InChI=1S/C14H12N6O/c21-14(15-11-7-3-1-4-8-11)16-13-17-18-19-20(13)12-9-5-2-6-10-12/h1-10H,(H2,15,16,17,19,21). The van der Waals surface area contributed by atoms with Gasteiger partial charge >= 0.3 is 6.03 Å². The Morgan fingerprint density at radius 2 is 1.57 bits per heavy atom. The highest BCUT2D eigenvalue weighted by Gasteiger charge is 2.11. The predicted octanol–water partition coefficient (Wildman–Crippen LogP) is 2.31. The van der Waals surface area contributed by atoms with E-state index in [0.29, 0.717) is 5.69 Å². The van der Waals surface area contributed by atoms with Crippen molar-refractivity contribution in [1.82, 2.24) is 20.2 Å². The van der Waals surface area contributed by atoms with Gasteiger partial charge in [0.2, 0.25) is 0 Å². The van der Waals surface area contributed by atoms with Crippen molar-refractivity contribution in [2.24, 2.45) is 0 Å². The van der Waals surface area contributed by atoms with E-state index in [2.05, 4.69) is 26.2 Å². The first-order valence-electron chi connectivity index (χ1n) is 6.30. The Labute approximate surface area is 120 Å². The molecular weight excluding hydrogens is 268 g/mol. The van der Waals surface area contributed by atoms with E-state index >= 15 is 0 Å². The van der Waals surface area contributed by atoms with Crippen LogP contribution in [0.3, 0.4) is 0 Å². The lowest BCUT2D eigenvalue weighted by molar-refractivity contribution is 0.262. The lowest BCUT2D eigenvalue weighted by atomic mass is 10.3. The number of rotatable bonds is 3. The molecule has 2 amide bonds. The van der Waals surface area contributed by atoms with Crippen molar-refractivity contribution < 1.29 is 4.79 Å². The predicted molar refractivity (Wildman–Crippen MR) is 78.2 cm³/mol. The monoisotopic (exact) mass is 280 g/mol. The molecule has 7 heteroatoms. The van der Waals surface area contributed by atoms with Gasteiger partial charge in [0.05, 0.1) is 5.69 Å². The van der Waals surface area contributed by atoms with Crippen LogP contribution in [0.2, 0.25) is 0 Å². The van der Waals surface area contributed by atoms with Crippen molar-refractivity contribution >= 4 is 17.7 Å². The molecule has 2 N–H and O–H groups in total. The fraction of sp³-hybridized carbons (Fsp3) is 0. The number of tetrazole rings is 1. The van der Waals surface area contributed by atoms with Crippen LogP contribution in [0.4, 0.5) is 16.4 Å². The second kappa shape index (κ2) is 5.83. The molecule has 21 heavy (non-hydrogen) atoms. The number of nitrogens with one attached hydrogen (secondary N) is 2. The van der Waals surface area contributed by atoms with Crippen LogP contribution in [0.25, 0.3) is 5.69 Å². The van der Waals surface area contributed by atoms with E-state index in [1.165, 1.54) is 4.68 Å². The highest BCUT2D eigenvalue weighted by Crippen LogP contribution is 2.11. The van der Waals surface area contributed by atoms with Gasteiger partial charge in [-0.25, -0.2) is 4.79 Å². The van der Waals surface area contributed by atoms with E-state index in [1.807, 2.05) is 48.5 Å². The molecule has 2 aromatic carbocycles. The fourth-order valence-electron chi connectivity index (χ4n) is 1.79. The van der Waals surface area contributed by atoms with Gasteiger partial charge < -0.3 is 5.32 Å². The number of carbonyl (C=O) groups is 1. The zero-order valence-corrected chi connectivity index (χ0v) is 11.0. The summed E-state index contributed by atoms with van der Waals surface area (Å²) in [7, 11) is 0. The van der Waals surface area contributed by atoms with Crippen molar-refractivity contribution in [3.63, 3.8) is 0 Å². The number of aromatic nitrogens is 4. The first-order valence-corrected chi connectivity index (χ1v) is 6.30. The van der Waals surface area contributed by atoms with Gasteiger partial charge in [-0.05, 0) is 34.7 Å². The topological polar surface area (TPSA) is 84.7 Å². The Hall–Kier alpha value is -3.22. The van der Waals surface area contributed by atoms with Gasteiger partial charge in [-0.3, -0.25) is 5.32 Å². The molecule has 0 fully saturated rings. The summed E-state index contributed by atoms with van der Waals surface area (Å²) >= 11 is 0. The Morgan fingerprint density at radius 1 is 0.905 bits per heavy atom. The number of carbonyl (C=O) groups excluding carboxylic acids is 1. The highest BCUT2D eigenvalue weighted by molar-refractivity contribution is 5.98. The third-order valence-electron chi connectivity index (χ3n) is 2.73. The van der Waals surface area contributed by atoms with Gasteiger partial charge in [-0.1, -0.05) is 41.5 Å². The lowest BCUT2D eigenvalue weighted by Crippen LogP contribution is -2.21. The van der Waals surface area contributed by atoms with E-state index in [1.54, 1.807) is 12.1 Å². The molecule has 0 saturated heterocycles. The van der Waals surface area contributed by atoms with Crippen LogP contribution >= 0.6 is 0 Å². The second-order valence-corrected chi connectivity index (χ2v) is 4.19. The molecule has 3 rings (SSSR count). The summed E-state index contributed by atoms with van der Waals surface area (Å²) in [5, 5.41) is 16.6. The zero-order valence-electron chi connectivity index (χ0n) is 11.0. The average molecular weight is 280 g/mol. The Morgan fingerprint density at radius 3 is 2.29 bits per heavy atom. The molecule has 0 aliphatic heterocycles. The van der Waals surface area contributed by atoms with Crippen molar-refractivity contribution in [1.29, 1.82) is 0 Å². The smallest absolute Gasteiger partial charge is 0.308 e. The van der Waals surface area contributed by atoms with E-state index in [9.17, 15) is 4.79 Å². The number of anilines is 2. The molecule has 0 atom stereocenters. The van der Waals surface area contributed by atoms with Crippen molar-refractivity contribution in [3.8, 4) is 5.69 Å². The van der Waals surface area contributed by atoms with Crippen LogP contribution < -0.4 is 10.6 Å². The first kappa shape index (κ1) is 12.8. The van der Waals surface area contributed by atoms with Crippen LogP contribution in [0.15, 0.2) is 60.7 Å². The molecule has 0 radical (unpaired) electrons. The molecule has 0 bridgehead atoms. The first-order chi connectivity index (χ1) is 10.3. The summed E-state index contributed by atoms with van der Waals surface area (Å²) < 4.78 is 1.45. The van der Waals surface area contributed by atoms with Crippen LogP contribution in [0, 0.1) is 0 Å². The third kappa shape index (κ3) is 3.03. The van der Waals surface area contributed by atoms with Gasteiger partial charge in [-0.15, -0.1) is 0 Å². The van der Waals surface area contributed by atoms with E-state index in [-0.39, 0.29) is 5.95 Å². The third-order valence-corrected chi connectivity index (χ3v) is 2.73. The maximum absolute atomic E-state index is 11.9. The van der Waals surface area contributed by atoms with Crippen LogP contribution in [-0.2, 0) is 0 Å². The quantitative estimate of drug-likeness (QED) is 0.771. The van der Waals surface area contributed by atoms with E-state index in [0.717, 1.165) is 5.69 Å². The van der Waals surface area contributed by atoms with Gasteiger partial charge in [0.1, 0.15) is 0 Å². The minimum absolute atomic E-state index is 0.245. The normalized spacial score (nSPS) is 10.1. The lowest BCUT2D eigenvalue weighted by Gasteiger charge is -2.07. The van der Waals surface area contributed by atoms with Crippen molar-refractivity contribution in [3.05, 3.63) is 60.7 Å². The summed E-state index contributed by atoms with van der Waals surface area (Å²) in [4.78, 5) is 11.9. The number of hydrogen-bond acceptors (Lipinski definition) is 4. The number of benzene rings is 2. The molecule has 0 saturated carbocycles. The number of para-hydroxylation sites is 2. The molecule has 7 nitrogen and oxygen atoms in total. The number of amides is 2. The van der Waals surface area contributed by atoms with Gasteiger partial charge in [0, 0.05) is 5.69 Å². The SMILES string of the molecule is O=C(Nc1ccccc1)Nc1nnnn1-c1ccccc1. The van der Waals surface area contributed by atoms with Crippen molar-refractivity contribution in [2.45, 2.75) is 0 Å². The Kier molecular flexibility index (Phi) is 3.55. The summed E-state index contributed by atoms with van der Waals surface area (Å²) in [6, 6.07) is 18.0. The molecular formula is C14H12N6O. The largest absolute Gasteiger partial charge is 0.326 e. The van der Waals surface area contributed by atoms with Crippen molar-refractivity contribution in [2.75, 3.05) is 10.6 Å². The Balaban J connectivity index is 1.74. The minimum atomic E-state index is -0.409. The molecule has 0 aliphatic rings. The molecule has 104 valence electrons.